The number of aromatic nitrogens is 1. The minimum Gasteiger partial charge on any atom is -0.455 e. The molecule has 2 heterocycles. The fourth-order valence-corrected chi connectivity index (χ4v) is 9.89. The Balaban J connectivity index is 0.913. The first kappa shape index (κ1) is 35.4. The number of hydrogen-bond donors (Lipinski definition) is 0. The number of para-hydroxylation sites is 2. The van der Waals surface area contributed by atoms with Gasteiger partial charge in [0.1, 0.15) is 11.2 Å². The van der Waals surface area contributed by atoms with E-state index >= 15 is 0 Å². The standard InChI is InChI=1S/C60H38N2O/c1-3-14-50-41(10-1)20-21-43-22-23-45(37-56(43)50)40-26-31-47(32-27-40)61(49-33-35-54-55-34-28-42-11-2-4-15-51(42)60(55)63-59(54)38-49)46-29-24-39(25-30-46)44-12-9-13-48(36-44)62-57-18-7-5-16-52(57)53-17-6-8-19-58(53)62/h1-38H. The van der Waals surface area contributed by atoms with Crippen LogP contribution in [0.2, 0.25) is 0 Å². The summed E-state index contributed by atoms with van der Waals surface area (Å²) in [5, 5.41) is 12.1. The zero-order valence-electron chi connectivity index (χ0n) is 34.2. The van der Waals surface area contributed by atoms with Crippen molar-refractivity contribution in [1.29, 1.82) is 0 Å². The first-order valence-electron chi connectivity index (χ1n) is 21.6. The lowest BCUT2D eigenvalue weighted by Crippen LogP contribution is -2.09. The van der Waals surface area contributed by atoms with E-state index in [1.54, 1.807) is 0 Å². The second kappa shape index (κ2) is 14.1. The highest BCUT2D eigenvalue weighted by Crippen LogP contribution is 2.42. The highest BCUT2D eigenvalue weighted by Gasteiger charge is 2.18. The maximum absolute atomic E-state index is 6.71. The summed E-state index contributed by atoms with van der Waals surface area (Å²) in [5.74, 6) is 0. The number of rotatable bonds is 6. The molecular formula is C60H38N2O. The van der Waals surface area contributed by atoms with Crippen LogP contribution in [0, 0.1) is 0 Å². The van der Waals surface area contributed by atoms with Gasteiger partial charge in [-0.3, -0.25) is 0 Å². The molecule has 0 spiro atoms. The Bertz CT molecular complexity index is 3860. The molecule has 0 saturated heterocycles. The molecule has 13 rings (SSSR count). The van der Waals surface area contributed by atoms with Crippen molar-refractivity contribution in [2.75, 3.05) is 4.90 Å². The van der Waals surface area contributed by atoms with Gasteiger partial charge in [0.2, 0.25) is 0 Å². The van der Waals surface area contributed by atoms with Crippen molar-refractivity contribution in [2.45, 2.75) is 0 Å². The second-order valence-corrected chi connectivity index (χ2v) is 16.5. The third-order valence-corrected chi connectivity index (χ3v) is 13.0. The quantitative estimate of drug-likeness (QED) is 0.156. The molecular weight excluding hydrogens is 765 g/mol. The molecule has 0 bridgehead atoms. The molecule has 0 N–H and O–H groups in total. The minimum atomic E-state index is 0.863. The van der Waals surface area contributed by atoms with Crippen molar-refractivity contribution >= 4 is 93.1 Å². The first-order chi connectivity index (χ1) is 31.2. The van der Waals surface area contributed by atoms with E-state index in [0.29, 0.717) is 0 Å². The van der Waals surface area contributed by atoms with Crippen molar-refractivity contribution in [2.24, 2.45) is 0 Å². The number of furan rings is 1. The smallest absolute Gasteiger partial charge is 0.143 e. The lowest BCUT2D eigenvalue weighted by molar-refractivity contribution is 0.672. The normalized spacial score (nSPS) is 11.8. The van der Waals surface area contributed by atoms with Gasteiger partial charge in [0.05, 0.1) is 11.0 Å². The van der Waals surface area contributed by atoms with Gasteiger partial charge in [0.15, 0.2) is 0 Å². The van der Waals surface area contributed by atoms with Crippen molar-refractivity contribution in [3.63, 3.8) is 0 Å². The molecule has 0 amide bonds. The van der Waals surface area contributed by atoms with E-state index in [9.17, 15) is 0 Å². The Morgan fingerprint density at radius 3 is 1.51 bits per heavy atom. The summed E-state index contributed by atoms with van der Waals surface area (Å²) < 4.78 is 9.09. The lowest BCUT2D eigenvalue weighted by atomic mass is 9.97. The van der Waals surface area contributed by atoms with E-state index in [1.807, 2.05) is 0 Å². The topological polar surface area (TPSA) is 21.3 Å². The van der Waals surface area contributed by atoms with Gasteiger partial charge in [0, 0.05) is 55.7 Å². The number of fused-ring (bicyclic) bond motifs is 11. The average molecular weight is 803 g/mol. The Hall–Kier alpha value is -8.40. The van der Waals surface area contributed by atoms with Crippen molar-refractivity contribution in [1.82, 2.24) is 4.57 Å². The molecule has 13 aromatic rings. The van der Waals surface area contributed by atoms with Crippen molar-refractivity contribution in [3.05, 3.63) is 231 Å². The summed E-state index contributed by atoms with van der Waals surface area (Å²) in [6, 6.07) is 83.5. The predicted molar refractivity (Wildman–Crippen MR) is 266 cm³/mol. The monoisotopic (exact) mass is 802 g/mol. The number of hydrogen-bond acceptors (Lipinski definition) is 2. The van der Waals surface area contributed by atoms with E-state index < -0.39 is 0 Å². The lowest BCUT2D eigenvalue weighted by Gasteiger charge is -2.26. The molecule has 0 unspecified atom stereocenters. The van der Waals surface area contributed by atoms with Gasteiger partial charge in [-0.15, -0.1) is 0 Å². The van der Waals surface area contributed by atoms with E-state index in [1.165, 1.54) is 59.9 Å². The van der Waals surface area contributed by atoms with Crippen LogP contribution in [0.15, 0.2) is 235 Å². The zero-order valence-corrected chi connectivity index (χ0v) is 34.2. The SMILES string of the molecule is c1cc(-c2ccc(N(c3ccc(-c4ccc5ccc6ccccc6c5c4)cc3)c3ccc4c(c3)oc3c5ccccc5ccc43)cc2)cc(-n2c3ccccc3c3ccccc32)c1. The number of anilines is 3. The summed E-state index contributed by atoms with van der Waals surface area (Å²) in [6.07, 6.45) is 0. The molecule has 0 aliphatic rings. The largest absolute Gasteiger partial charge is 0.455 e. The highest BCUT2D eigenvalue weighted by atomic mass is 16.3. The molecule has 0 atom stereocenters. The van der Waals surface area contributed by atoms with Crippen LogP contribution in [0.4, 0.5) is 17.1 Å². The third kappa shape index (κ3) is 5.75. The van der Waals surface area contributed by atoms with Crippen LogP contribution >= 0.6 is 0 Å². The molecule has 0 aliphatic heterocycles. The summed E-state index contributed by atoms with van der Waals surface area (Å²) in [7, 11) is 0. The van der Waals surface area contributed by atoms with Gasteiger partial charge in [-0.25, -0.2) is 0 Å². The molecule has 294 valence electrons. The van der Waals surface area contributed by atoms with E-state index in [2.05, 4.69) is 240 Å². The Morgan fingerprint density at radius 2 is 0.810 bits per heavy atom. The molecule has 3 nitrogen and oxygen atoms in total. The summed E-state index contributed by atoms with van der Waals surface area (Å²) in [5.41, 5.74) is 13.2. The van der Waals surface area contributed by atoms with E-state index in [0.717, 1.165) is 61.2 Å². The zero-order chi connectivity index (χ0) is 41.4. The summed E-state index contributed by atoms with van der Waals surface area (Å²) in [6.45, 7) is 0. The number of benzene rings is 11. The molecule has 0 fully saturated rings. The Labute approximate surface area is 363 Å². The Kier molecular flexibility index (Phi) is 7.91. The van der Waals surface area contributed by atoms with Crippen LogP contribution in [-0.4, -0.2) is 4.57 Å². The minimum absolute atomic E-state index is 0.863. The van der Waals surface area contributed by atoms with Gasteiger partial charge in [-0.2, -0.15) is 0 Å². The molecule has 63 heavy (non-hydrogen) atoms. The highest BCUT2D eigenvalue weighted by molar-refractivity contribution is 6.16. The fraction of sp³-hybridized carbons (Fsp3) is 0. The summed E-state index contributed by atoms with van der Waals surface area (Å²) >= 11 is 0. The molecule has 0 radical (unpaired) electrons. The molecule has 0 saturated carbocycles. The second-order valence-electron chi connectivity index (χ2n) is 16.5. The van der Waals surface area contributed by atoms with E-state index in [-0.39, 0.29) is 0 Å². The van der Waals surface area contributed by atoms with Crippen molar-refractivity contribution in [3.8, 4) is 27.9 Å². The van der Waals surface area contributed by atoms with Crippen LogP contribution in [0.1, 0.15) is 0 Å². The van der Waals surface area contributed by atoms with E-state index in [4.69, 9.17) is 4.42 Å². The maximum atomic E-state index is 6.71. The van der Waals surface area contributed by atoms with Crippen molar-refractivity contribution < 1.29 is 4.42 Å². The fourth-order valence-electron chi connectivity index (χ4n) is 9.89. The van der Waals surface area contributed by atoms with Crippen LogP contribution in [0.5, 0.6) is 0 Å². The molecule has 0 aliphatic carbocycles. The van der Waals surface area contributed by atoms with Gasteiger partial charge < -0.3 is 13.9 Å². The molecule has 2 aromatic heterocycles. The number of nitrogens with zero attached hydrogens (tertiary/aromatic N) is 2. The Morgan fingerprint density at radius 1 is 0.302 bits per heavy atom. The van der Waals surface area contributed by atoms with Gasteiger partial charge >= 0.3 is 0 Å². The van der Waals surface area contributed by atoms with Gasteiger partial charge in [-0.05, 0) is 122 Å². The van der Waals surface area contributed by atoms with Crippen LogP contribution in [0.3, 0.4) is 0 Å². The van der Waals surface area contributed by atoms with Crippen LogP contribution in [-0.2, 0) is 0 Å². The summed E-state index contributed by atoms with van der Waals surface area (Å²) in [4.78, 5) is 2.33. The third-order valence-electron chi connectivity index (χ3n) is 13.0. The molecule has 3 heteroatoms. The maximum Gasteiger partial charge on any atom is 0.143 e. The van der Waals surface area contributed by atoms with Crippen LogP contribution in [0.25, 0.3) is 104 Å². The van der Waals surface area contributed by atoms with Gasteiger partial charge in [-0.1, -0.05) is 152 Å². The first-order valence-corrected chi connectivity index (χ1v) is 21.6. The van der Waals surface area contributed by atoms with Gasteiger partial charge in [0.25, 0.3) is 0 Å². The van der Waals surface area contributed by atoms with Crippen LogP contribution < -0.4 is 4.90 Å². The predicted octanol–water partition coefficient (Wildman–Crippen LogP) is 16.9. The molecule has 11 aromatic carbocycles. The average Bonchev–Trinajstić information content (AvgIpc) is 3.90.